The van der Waals surface area contributed by atoms with Crippen LogP contribution in [-0.2, 0) is 0 Å². The van der Waals surface area contributed by atoms with E-state index >= 15 is 0 Å². The van der Waals surface area contributed by atoms with Crippen molar-refractivity contribution in [3.05, 3.63) is 88.4 Å². The lowest BCUT2D eigenvalue weighted by molar-refractivity contribution is -0.385. The first-order valence-electron chi connectivity index (χ1n) is 8.25. The first-order chi connectivity index (χ1) is 13.9. The van der Waals surface area contributed by atoms with E-state index in [-0.39, 0.29) is 28.0 Å². The molecule has 2 amide bonds. The molecule has 0 aliphatic rings. The van der Waals surface area contributed by atoms with Crippen LogP contribution in [0.4, 0.5) is 17.1 Å². The summed E-state index contributed by atoms with van der Waals surface area (Å²) in [4.78, 5) is 34.6. The van der Waals surface area contributed by atoms with Gasteiger partial charge in [-0.15, -0.1) is 0 Å². The van der Waals surface area contributed by atoms with Crippen molar-refractivity contribution >= 4 is 46.2 Å². The van der Waals surface area contributed by atoms with E-state index in [2.05, 4.69) is 16.0 Å². The predicted molar refractivity (Wildman–Crippen MR) is 110 cm³/mol. The van der Waals surface area contributed by atoms with E-state index in [9.17, 15) is 19.7 Å². The lowest BCUT2D eigenvalue weighted by atomic mass is 10.1. The van der Waals surface area contributed by atoms with Gasteiger partial charge < -0.3 is 15.1 Å². The zero-order valence-electron chi connectivity index (χ0n) is 14.7. The Morgan fingerprint density at radius 3 is 2.17 bits per heavy atom. The number of furan rings is 1. The van der Waals surface area contributed by atoms with Crippen molar-refractivity contribution < 1.29 is 18.9 Å². The van der Waals surface area contributed by atoms with Crippen LogP contribution >= 0.6 is 12.2 Å². The number of thiocarbonyl (C=S) groups is 1. The van der Waals surface area contributed by atoms with Crippen molar-refractivity contribution in [2.24, 2.45) is 0 Å². The number of nitrogens with one attached hydrogen (secondary N) is 3. The Bertz CT molecular complexity index is 1060. The SMILES string of the molecule is O=C(Nc1ccc(NC(=S)NC(=O)c2ccccc2[N+](=O)[O-])cc1)c1ccco1. The maximum absolute atomic E-state index is 12.3. The fraction of sp³-hybridized carbons (Fsp3) is 0. The Kier molecular flexibility index (Phi) is 5.95. The Morgan fingerprint density at radius 1 is 0.897 bits per heavy atom. The van der Waals surface area contributed by atoms with Gasteiger partial charge in [0.25, 0.3) is 17.5 Å². The standard InChI is InChI=1S/C19H14N4O5S/c24-17(14-4-1-2-5-15(14)23(26)27)22-19(29)21-13-9-7-12(8-10-13)20-18(25)16-6-3-11-28-16/h1-11H,(H,20,25)(H2,21,22,24,29). The van der Waals surface area contributed by atoms with Gasteiger partial charge in [-0.1, -0.05) is 12.1 Å². The third-order valence-electron chi connectivity index (χ3n) is 3.72. The van der Waals surface area contributed by atoms with E-state index in [4.69, 9.17) is 16.6 Å². The third-order valence-corrected chi connectivity index (χ3v) is 3.92. The summed E-state index contributed by atoms with van der Waals surface area (Å²) in [7, 11) is 0. The highest BCUT2D eigenvalue weighted by atomic mass is 32.1. The molecule has 0 saturated carbocycles. The predicted octanol–water partition coefficient (Wildman–Crippen LogP) is 3.57. The summed E-state index contributed by atoms with van der Waals surface area (Å²) in [6, 6.07) is 15.3. The van der Waals surface area contributed by atoms with Crippen LogP contribution in [0.3, 0.4) is 0 Å². The summed E-state index contributed by atoms with van der Waals surface area (Å²) in [5.74, 6) is -0.897. The molecule has 1 aromatic heterocycles. The number of carbonyl (C=O) groups excluding carboxylic acids is 2. The molecule has 9 nitrogen and oxygen atoms in total. The van der Waals surface area contributed by atoms with E-state index in [1.54, 1.807) is 36.4 Å². The van der Waals surface area contributed by atoms with Crippen LogP contribution in [0.2, 0.25) is 0 Å². The minimum atomic E-state index is -0.697. The smallest absolute Gasteiger partial charge is 0.291 e. The van der Waals surface area contributed by atoms with Crippen molar-refractivity contribution in [2.75, 3.05) is 10.6 Å². The molecule has 3 rings (SSSR count). The highest BCUT2D eigenvalue weighted by Gasteiger charge is 2.19. The Labute approximate surface area is 169 Å². The number of nitro groups is 1. The molecule has 2 aromatic carbocycles. The number of benzene rings is 2. The second-order valence-corrected chi connectivity index (χ2v) is 6.10. The maximum atomic E-state index is 12.3. The van der Waals surface area contributed by atoms with Gasteiger partial charge in [-0.3, -0.25) is 25.0 Å². The highest BCUT2D eigenvalue weighted by molar-refractivity contribution is 7.80. The minimum Gasteiger partial charge on any atom is -0.459 e. The summed E-state index contributed by atoms with van der Waals surface area (Å²) in [6.45, 7) is 0. The van der Waals surface area contributed by atoms with E-state index in [1.165, 1.54) is 30.5 Å². The van der Waals surface area contributed by atoms with Gasteiger partial charge in [0.15, 0.2) is 10.9 Å². The van der Waals surface area contributed by atoms with Crippen LogP contribution in [-0.4, -0.2) is 21.9 Å². The van der Waals surface area contributed by atoms with E-state index in [1.807, 2.05) is 0 Å². The monoisotopic (exact) mass is 410 g/mol. The minimum absolute atomic E-state index is 0.0273. The summed E-state index contributed by atoms with van der Waals surface area (Å²) in [5, 5.41) is 18.9. The fourth-order valence-corrected chi connectivity index (χ4v) is 2.61. The zero-order valence-corrected chi connectivity index (χ0v) is 15.6. The van der Waals surface area contributed by atoms with Crippen LogP contribution in [0.25, 0.3) is 0 Å². The van der Waals surface area contributed by atoms with Gasteiger partial charge in [-0.25, -0.2) is 0 Å². The number of rotatable bonds is 5. The summed E-state index contributed by atoms with van der Waals surface area (Å²) < 4.78 is 5.02. The van der Waals surface area contributed by atoms with E-state index in [0.717, 1.165) is 0 Å². The summed E-state index contributed by atoms with van der Waals surface area (Å²) in [6.07, 6.45) is 1.40. The number of nitrogens with zero attached hydrogens (tertiary/aromatic N) is 1. The van der Waals surface area contributed by atoms with Crippen molar-refractivity contribution in [3.8, 4) is 0 Å². The van der Waals surface area contributed by atoms with Gasteiger partial charge in [-0.05, 0) is 54.7 Å². The molecular formula is C19H14N4O5S. The second-order valence-electron chi connectivity index (χ2n) is 5.69. The molecule has 29 heavy (non-hydrogen) atoms. The molecule has 0 radical (unpaired) electrons. The molecule has 10 heteroatoms. The Morgan fingerprint density at radius 2 is 1.55 bits per heavy atom. The van der Waals surface area contributed by atoms with Crippen LogP contribution in [0.5, 0.6) is 0 Å². The first kappa shape index (κ1) is 19.7. The van der Waals surface area contributed by atoms with Crippen molar-refractivity contribution in [3.63, 3.8) is 0 Å². The third kappa shape index (κ3) is 5.02. The van der Waals surface area contributed by atoms with E-state index in [0.29, 0.717) is 11.4 Å². The summed E-state index contributed by atoms with van der Waals surface area (Å²) >= 11 is 5.08. The van der Waals surface area contributed by atoms with Gasteiger partial charge >= 0.3 is 0 Å². The second kappa shape index (κ2) is 8.76. The van der Waals surface area contributed by atoms with Crippen LogP contribution in [0, 0.1) is 10.1 Å². The van der Waals surface area contributed by atoms with Crippen molar-refractivity contribution in [1.29, 1.82) is 0 Å². The lowest BCUT2D eigenvalue weighted by Gasteiger charge is -2.10. The number of hydrogen-bond donors (Lipinski definition) is 3. The van der Waals surface area contributed by atoms with Crippen LogP contribution in [0.15, 0.2) is 71.3 Å². The molecule has 1 heterocycles. The number of nitro benzene ring substituents is 1. The molecule has 3 aromatic rings. The Hall–Kier alpha value is -4.05. The molecule has 0 atom stereocenters. The number of carbonyl (C=O) groups is 2. The molecule has 3 N–H and O–H groups in total. The number of para-hydroxylation sites is 1. The van der Waals surface area contributed by atoms with Crippen molar-refractivity contribution in [1.82, 2.24) is 5.32 Å². The molecule has 0 fully saturated rings. The summed E-state index contributed by atoms with van der Waals surface area (Å²) in [5.41, 5.74) is 0.669. The van der Waals surface area contributed by atoms with Gasteiger partial charge in [-0.2, -0.15) is 0 Å². The van der Waals surface area contributed by atoms with Gasteiger partial charge in [0.1, 0.15) is 5.56 Å². The number of anilines is 2. The molecule has 0 saturated heterocycles. The largest absolute Gasteiger partial charge is 0.459 e. The molecular weight excluding hydrogens is 396 g/mol. The van der Waals surface area contributed by atoms with Crippen LogP contribution < -0.4 is 16.0 Å². The fourth-order valence-electron chi connectivity index (χ4n) is 2.39. The van der Waals surface area contributed by atoms with Gasteiger partial charge in [0.2, 0.25) is 0 Å². The molecule has 0 aliphatic carbocycles. The molecule has 0 spiro atoms. The van der Waals surface area contributed by atoms with E-state index < -0.39 is 10.8 Å². The average molecular weight is 410 g/mol. The van der Waals surface area contributed by atoms with Crippen molar-refractivity contribution in [2.45, 2.75) is 0 Å². The Balaban J connectivity index is 1.59. The van der Waals surface area contributed by atoms with Gasteiger partial charge in [0, 0.05) is 17.4 Å². The maximum Gasteiger partial charge on any atom is 0.291 e. The zero-order chi connectivity index (χ0) is 20.8. The van der Waals surface area contributed by atoms with Gasteiger partial charge in [0.05, 0.1) is 11.2 Å². The first-order valence-corrected chi connectivity index (χ1v) is 8.65. The molecule has 146 valence electrons. The average Bonchev–Trinajstić information content (AvgIpc) is 3.24. The lowest BCUT2D eigenvalue weighted by Crippen LogP contribution is -2.34. The normalized spacial score (nSPS) is 10.1. The number of hydrogen-bond acceptors (Lipinski definition) is 6. The van der Waals surface area contributed by atoms with Crippen LogP contribution in [0.1, 0.15) is 20.9 Å². The topological polar surface area (TPSA) is 127 Å². The molecule has 0 bridgehead atoms. The molecule has 0 unspecified atom stereocenters. The number of amides is 2. The molecule has 0 aliphatic heterocycles. The highest BCUT2D eigenvalue weighted by Crippen LogP contribution is 2.18. The quantitative estimate of drug-likeness (QED) is 0.333.